The molecule has 1 heterocycles. The van der Waals surface area contributed by atoms with Gasteiger partial charge in [0.25, 0.3) is 0 Å². The number of aliphatic imine (C=N–C) groups is 1. The van der Waals surface area contributed by atoms with Crippen LogP contribution in [0.3, 0.4) is 0 Å². The first-order valence-electron chi connectivity index (χ1n) is 4.27. The van der Waals surface area contributed by atoms with Gasteiger partial charge in [-0.15, -0.1) is 0 Å². The molecule has 6 nitrogen and oxygen atoms in total. The van der Waals surface area contributed by atoms with Crippen LogP contribution in [-0.2, 0) is 4.74 Å². The van der Waals surface area contributed by atoms with Crippen molar-refractivity contribution in [2.45, 2.75) is 13.1 Å². The fraction of sp³-hybridized carbons (Fsp3) is 0.375. The average Bonchev–Trinajstić information content (AvgIpc) is 2.61. The molecular weight excluding hydrogens is 243 g/mol. The zero-order valence-corrected chi connectivity index (χ0v) is 8.83. The van der Waals surface area contributed by atoms with Crippen LogP contribution in [0.15, 0.2) is 15.6 Å². The lowest BCUT2D eigenvalue weighted by atomic mass is 10.5. The number of hydrogen-bond donors (Lipinski definition) is 1. The molecular formula is C8H8F3N3O3. The number of carbonyl (C=O) groups is 1. The van der Waals surface area contributed by atoms with E-state index in [4.69, 9.17) is 0 Å². The second kappa shape index (κ2) is 4.85. The molecule has 94 valence electrons. The summed E-state index contributed by atoms with van der Waals surface area (Å²) in [6, 6.07) is 1.19. The summed E-state index contributed by atoms with van der Waals surface area (Å²) >= 11 is 0. The third-order valence-corrected chi connectivity index (χ3v) is 1.52. The molecule has 0 aromatic carbocycles. The van der Waals surface area contributed by atoms with Crippen molar-refractivity contribution >= 4 is 17.7 Å². The molecule has 0 atom stereocenters. The molecule has 1 aromatic rings. The third-order valence-electron chi connectivity index (χ3n) is 1.52. The quantitative estimate of drug-likeness (QED) is 0.611. The minimum atomic E-state index is -4.83. The number of hydrogen-bond acceptors (Lipinski definition) is 5. The molecule has 0 radical (unpaired) electrons. The molecule has 0 spiro atoms. The predicted molar refractivity (Wildman–Crippen MR) is 49.9 cm³/mol. The van der Waals surface area contributed by atoms with Gasteiger partial charge in [-0.05, 0) is 6.92 Å². The van der Waals surface area contributed by atoms with Gasteiger partial charge in [-0.25, -0.2) is 9.79 Å². The summed E-state index contributed by atoms with van der Waals surface area (Å²) in [6.45, 7) is 1.49. The molecule has 9 heteroatoms. The summed E-state index contributed by atoms with van der Waals surface area (Å²) in [5, 5.41) is 4.69. The van der Waals surface area contributed by atoms with Crippen LogP contribution in [0.5, 0.6) is 0 Å². The van der Waals surface area contributed by atoms with Crippen LogP contribution in [-0.4, -0.2) is 30.4 Å². The number of amides is 1. The molecule has 0 bridgehead atoms. The molecule has 1 aromatic heterocycles. The predicted octanol–water partition coefficient (Wildman–Crippen LogP) is 1.93. The maximum Gasteiger partial charge on any atom is 0.449 e. The van der Waals surface area contributed by atoms with Gasteiger partial charge < -0.3 is 9.26 Å². The summed E-state index contributed by atoms with van der Waals surface area (Å²) in [6.07, 6.45) is -6.11. The topological polar surface area (TPSA) is 76.7 Å². The Morgan fingerprint density at radius 3 is 2.65 bits per heavy atom. The van der Waals surface area contributed by atoms with E-state index in [2.05, 4.69) is 19.4 Å². The largest absolute Gasteiger partial charge is 0.453 e. The first-order valence-corrected chi connectivity index (χ1v) is 4.27. The maximum atomic E-state index is 12.4. The number of halogens is 3. The van der Waals surface area contributed by atoms with E-state index >= 15 is 0 Å². The summed E-state index contributed by atoms with van der Waals surface area (Å²) in [5.74, 6) is -1.53. The zero-order valence-electron chi connectivity index (χ0n) is 8.83. The summed E-state index contributed by atoms with van der Waals surface area (Å²) in [5.41, 5.74) is 0. The first-order chi connectivity index (χ1) is 7.82. The van der Waals surface area contributed by atoms with Crippen molar-refractivity contribution in [3.05, 3.63) is 11.8 Å². The number of ether oxygens (including phenoxy) is 1. The second-order valence-electron chi connectivity index (χ2n) is 2.87. The maximum absolute atomic E-state index is 12.4. The number of nitrogens with one attached hydrogen (secondary N) is 1. The summed E-state index contributed by atoms with van der Waals surface area (Å²) < 4.78 is 45.9. The van der Waals surface area contributed by atoms with Crippen molar-refractivity contribution in [2.24, 2.45) is 4.99 Å². The molecule has 0 aliphatic rings. The van der Waals surface area contributed by atoms with Gasteiger partial charge in [0.05, 0.1) is 7.11 Å². The number of nitrogens with zero attached hydrogens (tertiary/aromatic N) is 2. The Bertz CT molecular complexity index is 439. The van der Waals surface area contributed by atoms with E-state index in [1.54, 1.807) is 0 Å². The molecule has 1 rings (SSSR count). The van der Waals surface area contributed by atoms with Crippen molar-refractivity contribution in [3.63, 3.8) is 0 Å². The van der Waals surface area contributed by atoms with Crippen LogP contribution in [0, 0.1) is 6.92 Å². The Labute approximate surface area is 93.4 Å². The Balaban J connectivity index is 2.98. The van der Waals surface area contributed by atoms with Crippen molar-refractivity contribution in [3.8, 4) is 0 Å². The van der Waals surface area contributed by atoms with Gasteiger partial charge >= 0.3 is 12.3 Å². The molecule has 0 saturated carbocycles. The van der Waals surface area contributed by atoms with E-state index in [-0.39, 0.29) is 5.82 Å². The molecule has 1 amide bonds. The van der Waals surface area contributed by atoms with Crippen LogP contribution in [0.25, 0.3) is 0 Å². The second-order valence-corrected chi connectivity index (χ2v) is 2.87. The van der Waals surface area contributed by atoms with E-state index in [9.17, 15) is 18.0 Å². The molecule has 0 saturated heterocycles. The highest BCUT2D eigenvalue weighted by Crippen LogP contribution is 2.20. The summed E-state index contributed by atoms with van der Waals surface area (Å²) in [7, 11) is 0.934. The van der Waals surface area contributed by atoms with Crippen LogP contribution >= 0.6 is 0 Å². The Morgan fingerprint density at radius 1 is 1.59 bits per heavy atom. The number of aryl methyl sites for hydroxylation is 1. The Morgan fingerprint density at radius 2 is 2.24 bits per heavy atom. The number of amidine groups is 1. The number of methoxy groups -OCH3 is 1. The first kappa shape index (κ1) is 13.0. The molecule has 0 unspecified atom stereocenters. The molecule has 1 N–H and O–H groups in total. The van der Waals surface area contributed by atoms with E-state index in [0.717, 1.165) is 7.11 Å². The molecule has 0 fully saturated rings. The van der Waals surface area contributed by atoms with Gasteiger partial charge in [0.15, 0.2) is 5.82 Å². The minimum absolute atomic E-state index is 0.295. The molecule has 17 heavy (non-hydrogen) atoms. The standard InChI is InChI=1S/C8H8F3N3O3/c1-4-3-5(14-17-4)12-6(8(9,10)11)13-7(15)16-2/h3H,1-2H3,(H,12,13,14,15). The van der Waals surface area contributed by atoms with Gasteiger partial charge in [-0.2, -0.15) is 13.2 Å². The van der Waals surface area contributed by atoms with Crippen molar-refractivity contribution in [1.82, 2.24) is 10.5 Å². The molecule has 0 aliphatic heterocycles. The van der Waals surface area contributed by atoms with Crippen molar-refractivity contribution in [2.75, 3.05) is 7.11 Å². The monoisotopic (exact) mass is 251 g/mol. The smallest absolute Gasteiger partial charge is 0.449 e. The fourth-order valence-corrected chi connectivity index (χ4v) is 0.830. The van der Waals surface area contributed by atoms with Gasteiger partial charge in [-0.1, -0.05) is 5.16 Å². The van der Waals surface area contributed by atoms with Gasteiger partial charge in [0, 0.05) is 6.07 Å². The fourth-order valence-electron chi connectivity index (χ4n) is 0.830. The number of aromatic nitrogens is 1. The van der Waals surface area contributed by atoms with Gasteiger partial charge in [0.1, 0.15) is 5.76 Å². The van der Waals surface area contributed by atoms with E-state index in [1.807, 2.05) is 0 Å². The summed E-state index contributed by atoms with van der Waals surface area (Å²) in [4.78, 5) is 13.8. The lowest BCUT2D eigenvalue weighted by molar-refractivity contribution is -0.0616. The number of rotatable bonds is 1. The SMILES string of the molecule is COC(=O)NC(=Nc1cc(C)on1)C(F)(F)F. The Hall–Kier alpha value is -2.06. The number of alkyl halides is 3. The highest BCUT2D eigenvalue weighted by molar-refractivity contribution is 5.99. The lowest BCUT2D eigenvalue weighted by Crippen LogP contribution is -2.40. The highest BCUT2D eigenvalue weighted by Gasteiger charge is 2.38. The van der Waals surface area contributed by atoms with Crippen molar-refractivity contribution in [1.29, 1.82) is 0 Å². The number of alkyl carbamates (subject to hydrolysis) is 1. The number of carbonyl (C=O) groups excluding carboxylic acids is 1. The van der Waals surface area contributed by atoms with E-state index in [0.29, 0.717) is 5.76 Å². The Kier molecular flexibility index (Phi) is 3.71. The lowest BCUT2D eigenvalue weighted by Gasteiger charge is -2.09. The normalized spacial score (nSPS) is 12.4. The van der Waals surface area contributed by atoms with Crippen LogP contribution < -0.4 is 5.32 Å². The van der Waals surface area contributed by atoms with Gasteiger partial charge in [0.2, 0.25) is 5.84 Å². The van der Waals surface area contributed by atoms with Gasteiger partial charge in [-0.3, -0.25) is 5.32 Å². The average molecular weight is 251 g/mol. The molecule has 0 aliphatic carbocycles. The third kappa shape index (κ3) is 3.78. The van der Waals surface area contributed by atoms with Crippen LogP contribution in [0.2, 0.25) is 0 Å². The minimum Gasteiger partial charge on any atom is -0.453 e. The van der Waals surface area contributed by atoms with E-state index < -0.39 is 18.1 Å². The zero-order chi connectivity index (χ0) is 13.1. The van der Waals surface area contributed by atoms with E-state index in [1.165, 1.54) is 18.3 Å². The van der Waals surface area contributed by atoms with Crippen molar-refractivity contribution < 1.29 is 27.2 Å². The highest BCUT2D eigenvalue weighted by atomic mass is 19.4. The van der Waals surface area contributed by atoms with Crippen LogP contribution in [0.1, 0.15) is 5.76 Å². The van der Waals surface area contributed by atoms with Crippen LogP contribution in [0.4, 0.5) is 23.8 Å².